The average Bonchev–Trinajstić information content (AvgIpc) is 3.08. The number of amidine groups is 1. The van der Waals surface area contributed by atoms with Crippen LogP contribution in [0.4, 0.5) is 13.2 Å². The number of hydrogen-bond donors (Lipinski definition) is 1. The van der Waals surface area contributed by atoms with E-state index in [2.05, 4.69) is 9.98 Å². The van der Waals surface area contributed by atoms with Crippen LogP contribution in [0.2, 0.25) is 0 Å². The van der Waals surface area contributed by atoms with E-state index < -0.39 is 17.3 Å². The molecule has 1 heterocycles. The molecule has 0 radical (unpaired) electrons. The Morgan fingerprint density at radius 1 is 1.31 bits per heavy atom. The first-order chi connectivity index (χ1) is 14.9. The van der Waals surface area contributed by atoms with E-state index in [0.717, 1.165) is 23.4 Å². The highest BCUT2D eigenvalue weighted by Gasteiger charge is 2.35. The Balaban J connectivity index is 2.19. The van der Waals surface area contributed by atoms with Gasteiger partial charge in [-0.15, -0.1) is 11.3 Å². The van der Waals surface area contributed by atoms with Gasteiger partial charge in [0, 0.05) is 11.1 Å². The van der Waals surface area contributed by atoms with E-state index in [-0.39, 0.29) is 22.6 Å². The molecule has 32 heavy (non-hydrogen) atoms. The van der Waals surface area contributed by atoms with Gasteiger partial charge in [0.15, 0.2) is 10.6 Å². The molecule has 1 aliphatic carbocycles. The molecular formula is C22H25F3N4O2S. The second kappa shape index (κ2) is 8.71. The average molecular weight is 467 g/mol. The summed E-state index contributed by atoms with van der Waals surface area (Å²) >= 11 is 1.35. The minimum Gasteiger partial charge on any atom is -0.496 e. The number of nitriles is 1. The second-order valence-corrected chi connectivity index (χ2v) is 9.90. The lowest BCUT2D eigenvalue weighted by atomic mass is 9.80. The van der Waals surface area contributed by atoms with Gasteiger partial charge in [0.05, 0.1) is 30.4 Å². The first-order valence-electron chi connectivity index (χ1n) is 10.1. The summed E-state index contributed by atoms with van der Waals surface area (Å²) in [5.74, 6) is -0.0698. The zero-order valence-electron chi connectivity index (χ0n) is 18.3. The lowest BCUT2D eigenvalue weighted by Gasteiger charge is -2.36. The minimum absolute atomic E-state index is 0.0384. The van der Waals surface area contributed by atoms with Crippen LogP contribution in [0.3, 0.4) is 0 Å². The van der Waals surface area contributed by atoms with Gasteiger partial charge in [-0.2, -0.15) is 28.4 Å². The summed E-state index contributed by atoms with van der Waals surface area (Å²) in [5, 5.41) is 19.9. The Bertz CT molecular complexity index is 1130. The molecule has 10 heteroatoms. The predicted octanol–water partition coefficient (Wildman–Crippen LogP) is 4.62. The monoisotopic (exact) mass is 466 g/mol. The summed E-state index contributed by atoms with van der Waals surface area (Å²) in [6.45, 7) is 6.40. The van der Waals surface area contributed by atoms with Crippen LogP contribution in [0.5, 0.6) is 5.75 Å². The van der Waals surface area contributed by atoms with Crippen LogP contribution in [0.15, 0.2) is 34.4 Å². The zero-order chi connectivity index (χ0) is 23.7. The quantitative estimate of drug-likeness (QED) is 0.406. The van der Waals surface area contributed by atoms with Gasteiger partial charge in [-0.1, -0.05) is 20.8 Å². The van der Waals surface area contributed by atoms with Gasteiger partial charge in [-0.25, -0.2) is 0 Å². The number of aliphatic imine (C=N–C) groups is 1. The van der Waals surface area contributed by atoms with Gasteiger partial charge >= 0.3 is 6.18 Å². The molecule has 0 saturated heterocycles. The lowest BCUT2D eigenvalue weighted by molar-refractivity contribution is -0.137. The molecule has 1 aromatic heterocycles. The van der Waals surface area contributed by atoms with Crippen molar-refractivity contribution in [2.45, 2.75) is 63.8 Å². The molecule has 0 amide bonds. The van der Waals surface area contributed by atoms with Crippen molar-refractivity contribution < 1.29 is 23.0 Å². The van der Waals surface area contributed by atoms with Crippen molar-refractivity contribution >= 4 is 17.2 Å². The third-order valence-electron chi connectivity index (χ3n) is 5.33. The number of aromatic nitrogens is 1. The Morgan fingerprint density at radius 3 is 2.50 bits per heavy atom. The summed E-state index contributed by atoms with van der Waals surface area (Å²) in [5.41, 5.74) is -1.98. The molecular weight excluding hydrogens is 441 g/mol. The van der Waals surface area contributed by atoms with E-state index in [9.17, 15) is 23.5 Å². The molecule has 0 unspecified atom stereocenters. The summed E-state index contributed by atoms with van der Waals surface area (Å²) in [6, 6.07) is 2.96. The van der Waals surface area contributed by atoms with Gasteiger partial charge in [0.2, 0.25) is 6.19 Å². The van der Waals surface area contributed by atoms with Gasteiger partial charge < -0.3 is 14.4 Å². The molecule has 1 aromatic carbocycles. The van der Waals surface area contributed by atoms with E-state index >= 15 is 0 Å². The molecule has 1 saturated carbocycles. The first kappa shape index (κ1) is 24.0. The molecule has 6 nitrogen and oxygen atoms in total. The van der Waals surface area contributed by atoms with Crippen molar-refractivity contribution in [2.75, 3.05) is 7.11 Å². The van der Waals surface area contributed by atoms with Crippen LogP contribution >= 0.6 is 11.3 Å². The molecule has 1 fully saturated rings. The minimum atomic E-state index is -4.57. The van der Waals surface area contributed by atoms with Crippen molar-refractivity contribution in [2.24, 2.45) is 9.98 Å². The number of ether oxygens (including phenoxy) is 1. The first-order valence-corrected chi connectivity index (χ1v) is 10.9. The molecule has 0 bridgehead atoms. The molecule has 172 valence electrons. The summed E-state index contributed by atoms with van der Waals surface area (Å²) in [4.78, 5) is 9.59. The van der Waals surface area contributed by atoms with E-state index in [4.69, 9.17) is 4.74 Å². The van der Waals surface area contributed by atoms with Crippen molar-refractivity contribution in [3.8, 4) is 11.9 Å². The van der Waals surface area contributed by atoms with E-state index in [0.29, 0.717) is 24.2 Å². The fourth-order valence-electron chi connectivity index (χ4n) is 3.33. The van der Waals surface area contributed by atoms with Gasteiger partial charge in [-0.3, -0.25) is 0 Å². The molecule has 0 aliphatic heterocycles. The number of aliphatic hydroxyl groups is 1. The normalized spacial score (nSPS) is 17.1. The number of thiazole rings is 1. The number of alkyl halides is 3. The maximum absolute atomic E-state index is 13.3. The van der Waals surface area contributed by atoms with Crippen LogP contribution in [0, 0.1) is 11.5 Å². The molecule has 1 N–H and O–H groups in total. The zero-order valence-corrected chi connectivity index (χ0v) is 19.1. The fourth-order valence-corrected chi connectivity index (χ4v) is 4.38. The number of nitrogens with zero attached hydrogens (tertiary/aromatic N) is 4. The van der Waals surface area contributed by atoms with Crippen molar-refractivity contribution in [3.63, 3.8) is 0 Å². The van der Waals surface area contributed by atoms with E-state index in [1.54, 1.807) is 10.8 Å². The summed E-state index contributed by atoms with van der Waals surface area (Å²) in [7, 11) is 1.32. The summed E-state index contributed by atoms with van der Waals surface area (Å²) < 4.78 is 46.9. The smallest absolute Gasteiger partial charge is 0.416 e. The highest BCUT2D eigenvalue weighted by atomic mass is 32.1. The molecule has 3 rings (SSSR count). The molecule has 0 atom stereocenters. The largest absolute Gasteiger partial charge is 0.496 e. The van der Waals surface area contributed by atoms with Gasteiger partial charge in [0.25, 0.3) is 0 Å². The third kappa shape index (κ3) is 5.22. The number of rotatable bonds is 4. The van der Waals surface area contributed by atoms with Crippen molar-refractivity contribution in [1.29, 1.82) is 5.26 Å². The predicted molar refractivity (Wildman–Crippen MR) is 116 cm³/mol. The Kier molecular flexibility index (Phi) is 6.54. The number of halogens is 3. The maximum Gasteiger partial charge on any atom is 0.416 e. The van der Waals surface area contributed by atoms with Crippen molar-refractivity contribution in [1.82, 2.24) is 4.57 Å². The number of methoxy groups -OCH3 is 1. The molecule has 2 aromatic rings. The third-order valence-corrected chi connectivity index (χ3v) is 6.78. The van der Waals surface area contributed by atoms with Gasteiger partial charge in [-0.05, 0) is 42.9 Å². The van der Waals surface area contributed by atoms with E-state index in [1.807, 2.05) is 27.0 Å². The van der Waals surface area contributed by atoms with Crippen molar-refractivity contribution in [3.05, 3.63) is 45.2 Å². The van der Waals surface area contributed by atoms with Crippen LogP contribution in [-0.4, -0.2) is 28.2 Å². The second-order valence-electron chi connectivity index (χ2n) is 8.89. The topological polar surface area (TPSA) is 82.9 Å². The van der Waals surface area contributed by atoms with E-state index in [1.165, 1.54) is 24.5 Å². The SMILES string of the molecule is COc1ccc(C(F)(F)F)cc1C(/N=c1\sc(C(C)(C)C)cn1CC1(O)CCC1)=N\C#N. The molecule has 0 spiro atoms. The number of benzene rings is 1. The fraction of sp³-hybridized carbons (Fsp3) is 0.500. The van der Waals surface area contributed by atoms with Crippen LogP contribution in [0.1, 0.15) is 56.0 Å². The Morgan fingerprint density at radius 2 is 2.00 bits per heavy atom. The Labute approximate surface area is 188 Å². The van der Waals surface area contributed by atoms with Crippen LogP contribution in [0.25, 0.3) is 0 Å². The Hall–Kier alpha value is -2.64. The highest BCUT2D eigenvalue weighted by Crippen LogP contribution is 2.35. The molecule has 1 aliphatic rings. The number of hydrogen-bond acceptors (Lipinski definition) is 5. The van der Waals surface area contributed by atoms with Crippen LogP contribution in [-0.2, 0) is 18.1 Å². The standard InChI is InChI=1S/C22H25F3N4O2S/c1-20(2,3)17-11-29(12-21(30)8-5-9-21)19(32-17)28-18(27-13-26)15-10-14(22(23,24)25)6-7-16(15)31-4/h6-7,10-11,30H,5,8-9,12H2,1-4H3/b27-18+,28-19-. The highest BCUT2D eigenvalue weighted by molar-refractivity contribution is 7.09. The maximum atomic E-state index is 13.3. The van der Waals surface area contributed by atoms with Gasteiger partial charge in [0.1, 0.15) is 5.75 Å². The van der Waals surface area contributed by atoms with Crippen LogP contribution < -0.4 is 9.54 Å². The lowest BCUT2D eigenvalue weighted by Crippen LogP contribution is -2.42. The summed E-state index contributed by atoms with van der Waals surface area (Å²) in [6.07, 6.45) is 1.22.